The van der Waals surface area contributed by atoms with Gasteiger partial charge in [-0.25, -0.2) is 4.98 Å². The molecular weight excluding hydrogens is 278 g/mol. The first-order valence-corrected chi connectivity index (χ1v) is 7.67. The average Bonchev–Trinajstić information content (AvgIpc) is 2.73. The Kier molecular flexibility index (Phi) is 4.98. The van der Waals surface area contributed by atoms with E-state index in [4.69, 9.17) is 4.74 Å². The molecule has 0 aliphatic carbocycles. The Morgan fingerprint density at radius 2 is 2.18 bits per heavy atom. The van der Waals surface area contributed by atoms with Gasteiger partial charge in [-0.05, 0) is 12.0 Å². The zero-order valence-corrected chi connectivity index (χ0v) is 12.6. The molecule has 116 valence electrons. The first-order chi connectivity index (χ1) is 10.8. The second-order valence-corrected chi connectivity index (χ2v) is 5.77. The lowest BCUT2D eigenvalue weighted by Crippen LogP contribution is -2.30. The number of aromatic nitrogens is 2. The normalized spacial score (nSPS) is 19.7. The number of hydrogen-bond donors (Lipinski definition) is 1. The zero-order valence-electron chi connectivity index (χ0n) is 12.6. The summed E-state index contributed by atoms with van der Waals surface area (Å²) >= 11 is 0. The second-order valence-electron chi connectivity index (χ2n) is 5.77. The highest BCUT2D eigenvalue weighted by Gasteiger charge is 2.19. The van der Waals surface area contributed by atoms with Crippen molar-refractivity contribution in [1.82, 2.24) is 14.9 Å². The molecule has 1 aliphatic rings. The van der Waals surface area contributed by atoms with Crippen LogP contribution in [0.3, 0.4) is 0 Å². The number of aromatic amines is 1. The van der Waals surface area contributed by atoms with Gasteiger partial charge < -0.3 is 9.72 Å². The summed E-state index contributed by atoms with van der Waals surface area (Å²) in [5, 5.41) is 0. The minimum atomic E-state index is -0.0966. The molecule has 0 amide bonds. The van der Waals surface area contributed by atoms with Gasteiger partial charge in [-0.15, -0.1) is 0 Å². The molecule has 1 aromatic carbocycles. The number of benzene rings is 1. The van der Waals surface area contributed by atoms with Crippen LogP contribution in [0.4, 0.5) is 0 Å². The Hall–Kier alpha value is -1.98. The monoisotopic (exact) mass is 299 g/mol. The van der Waals surface area contributed by atoms with Gasteiger partial charge in [-0.3, -0.25) is 9.69 Å². The maximum absolute atomic E-state index is 11.4. The minimum Gasteiger partial charge on any atom is -0.380 e. The van der Waals surface area contributed by atoms with E-state index < -0.39 is 0 Å². The highest BCUT2D eigenvalue weighted by atomic mass is 16.5. The topological polar surface area (TPSA) is 58.2 Å². The van der Waals surface area contributed by atoms with Crippen molar-refractivity contribution >= 4 is 0 Å². The van der Waals surface area contributed by atoms with Gasteiger partial charge in [0.05, 0.1) is 19.5 Å². The van der Waals surface area contributed by atoms with Crippen LogP contribution in [0.2, 0.25) is 0 Å². The molecular formula is C17H21N3O2. The van der Waals surface area contributed by atoms with Crippen LogP contribution in [0.5, 0.6) is 0 Å². The Bertz CT molecular complexity index is 642. The molecule has 2 aromatic rings. The van der Waals surface area contributed by atoms with E-state index in [0.717, 1.165) is 45.0 Å². The quantitative estimate of drug-likeness (QED) is 0.928. The Morgan fingerprint density at radius 3 is 3.00 bits per heavy atom. The SMILES string of the molecule is O=c1cc(C[C@@H]2COCCN(Cc3ccccc3)C2)nc[nH]1. The minimum absolute atomic E-state index is 0.0966. The highest BCUT2D eigenvalue weighted by Crippen LogP contribution is 2.14. The molecule has 1 fully saturated rings. The molecule has 0 radical (unpaired) electrons. The molecule has 1 saturated heterocycles. The summed E-state index contributed by atoms with van der Waals surface area (Å²) in [5.41, 5.74) is 2.05. The lowest BCUT2D eigenvalue weighted by Gasteiger charge is -2.23. The smallest absolute Gasteiger partial charge is 0.250 e. The van der Waals surface area contributed by atoms with E-state index in [1.807, 2.05) is 6.07 Å². The van der Waals surface area contributed by atoms with Crippen LogP contribution < -0.4 is 5.56 Å². The third-order valence-electron chi connectivity index (χ3n) is 3.90. The van der Waals surface area contributed by atoms with E-state index >= 15 is 0 Å². The molecule has 1 aliphatic heterocycles. The Balaban J connectivity index is 1.63. The van der Waals surface area contributed by atoms with Gasteiger partial charge >= 0.3 is 0 Å². The molecule has 0 saturated carbocycles. The van der Waals surface area contributed by atoms with Crippen LogP contribution in [0, 0.1) is 5.92 Å². The molecule has 22 heavy (non-hydrogen) atoms. The first-order valence-electron chi connectivity index (χ1n) is 7.67. The molecule has 1 N–H and O–H groups in total. The van der Waals surface area contributed by atoms with Crippen molar-refractivity contribution in [2.75, 3.05) is 26.3 Å². The maximum Gasteiger partial charge on any atom is 0.250 e. The fraction of sp³-hybridized carbons (Fsp3) is 0.412. The number of hydrogen-bond acceptors (Lipinski definition) is 4. The van der Waals surface area contributed by atoms with Crippen LogP contribution in [-0.4, -0.2) is 41.2 Å². The van der Waals surface area contributed by atoms with Gasteiger partial charge in [0.25, 0.3) is 5.56 Å². The van der Waals surface area contributed by atoms with Crippen LogP contribution in [-0.2, 0) is 17.7 Å². The standard InChI is InChI=1S/C17H21N3O2/c21-17-9-16(18-13-19-17)8-15-11-20(6-7-22-12-15)10-14-4-2-1-3-5-14/h1-5,9,13,15H,6-8,10-12H2,(H,18,19,21)/t15-/m0/s1. The summed E-state index contributed by atoms with van der Waals surface area (Å²) in [4.78, 5) is 20.6. The van der Waals surface area contributed by atoms with E-state index in [-0.39, 0.29) is 5.56 Å². The van der Waals surface area contributed by atoms with Crippen molar-refractivity contribution in [2.45, 2.75) is 13.0 Å². The van der Waals surface area contributed by atoms with Crippen molar-refractivity contribution in [2.24, 2.45) is 5.92 Å². The molecule has 1 aromatic heterocycles. The van der Waals surface area contributed by atoms with Gasteiger partial charge in [0.1, 0.15) is 0 Å². The largest absolute Gasteiger partial charge is 0.380 e. The summed E-state index contributed by atoms with van der Waals surface area (Å²) in [5.74, 6) is 0.362. The van der Waals surface area contributed by atoms with Gasteiger partial charge in [0.15, 0.2) is 0 Å². The van der Waals surface area contributed by atoms with E-state index in [1.54, 1.807) is 6.07 Å². The molecule has 5 nitrogen and oxygen atoms in total. The third-order valence-corrected chi connectivity index (χ3v) is 3.90. The van der Waals surface area contributed by atoms with Crippen molar-refractivity contribution in [3.8, 4) is 0 Å². The molecule has 1 atom stereocenters. The predicted molar refractivity (Wildman–Crippen MR) is 84.6 cm³/mol. The summed E-state index contributed by atoms with van der Waals surface area (Å²) < 4.78 is 5.72. The molecule has 3 rings (SSSR count). The van der Waals surface area contributed by atoms with E-state index in [2.05, 4.69) is 39.1 Å². The maximum atomic E-state index is 11.4. The van der Waals surface area contributed by atoms with Gasteiger partial charge in [-0.2, -0.15) is 0 Å². The predicted octanol–water partition coefficient (Wildman–Crippen LogP) is 1.46. The molecule has 0 spiro atoms. The number of nitrogens with zero attached hydrogens (tertiary/aromatic N) is 2. The fourth-order valence-electron chi connectivity index (χ4n) is 2.88. The van der Waals surface area contributed by atoms with Crippen LogP contribution in [0.1, 0.15) is 11.3 Å². The lowest BCUT2D eigenvalue weighted by molar-refractivity contribution is 0.121. The number of nitrogens with one attached hydrogen (secondary N) is 1. The second kappa shape index (κ2) is 7.33. The summed E-state index contributed by atoms with van der Waals surface area (Å²) in [7, 11) is 0. The highest BCUT2D eigenvalue weighted by molar-refractivity contribution is 5.14. The van der Waals surface area contributed by atoms with Crippen molar-refractivity contribution in [3.63, 3.8) is 0 Å². The number of H-pyrrole nitrogens is 1. The molecule has 5 heteroatoms. The Morgan fingerprint density at radius 1 is 1.32 bits per heavy atom. The van der Waals surface area contributed by atoms with E-state index in [9.17, 15) is 4.79 Å². The van der Waals surface area contributed by atoms with Gasteiger partial charge in [0.2, 0.25) is 0 Å². The average molecular weight is 299 g/mol. The molecule has 0 bridgehead atoms. The number of ether oxygens (including phenoxy) is 1. The first kappa shape index (κ1) is 14.9. The van der Waals surface area contributed by atoms with Crippen molar-refractivity contribution < 1.29 is 4.74 Å². The molecule has 0 unspecified atom stereocenters. The lowest BCUT2D eigenvalue weighted by atomic mass is 10.0. The van der Waals surface area contributed by atoms with Gasteiger partial charge in [0, 0.05) is 37.3 Å². The Labute approximate surface area is 130 Å². The number of rotatable bonds is 4. The van der Waals surface area contributed by atoms with Crippen molar-refractivity contribution in [3.05, 3.63) is 64.3 Å². The van der Waals surface area contributed by atoms with Crippen LogP contribution in [0.15, 0.2) is 47.5 Å². The van der Waals surface area contributed by atoms with Crippen molar-refractivity contribution in [1.29, 1.82) is 0 Å². The fourth-order valence-corrected chi connectivity index (χ4v) is 2.88. The van der Waals surface area contributed by atoms with Crippen LogP contribution >= 0.6 is 0 Å². The summed E-state index contributed by atoms with van der Waals surface area (Å²) in [6, 6.07) is 12.1. The van der Waals surface area contributed by atoms with E-state index in [1.165, 1.54) is 11.9 Å². The van der Waals surface area contributed by atoms with Crippen LogP contribution in [0.25, 0.3) is 0 Å². The third kappa shape index (κ3) is 4.26. The summed E-state index contributed by atoms with van der Waals surface area (Å²) in [6.45, 7) is 4.31. The van der Waals surface area contributed by atoms with E-state index in [0.29, 0.717) is 5.92 Å². The summed E-state index contributed by atoms with van der Waals surface area (Å²) in [6.07, 6.45) is 2.24. The van der Waals surface area contributed by atoms with Gasteiger partial charge in [-0.1, -0.05) is 30.3 Å². The molecule has 2 heterocycles. The zero-order chi connectivity index (χ0) is 15.2.